The summed E-state index contributed by atoms with van der Waals surface area (Å²) in [6.45, 7) is 2.15. The molecule has 0 aliphatic heterocycles. The molecule has 0 bridgehead atoms. The van der Waals surface area contributed by atoms with Crippen LogP contribution in [0.5, 0.6) is 0 Å². The molecule has 0 radical (unpaired) electrons. The highest BCUT2D eigenvalue weighted by Gasteiger charge is 2.31. The molecule has 122 valence electrons. The van der Waals surface area contributed by atoms with E-state index in [2.05, 4.69) is 50.9 Å². The Morgan fingerprint density at radius 2 is 2.21 bits per heavy atom. The van der Waals surface area contributed by atoms with Crippen LogP contribution in [0.4, 0.5) is 0 Å². The van der Waals surface area contributed by atoms with E-state index in [1.54, 1.807) is 11.8 Å². The van der Waals surface area contributed by atoms with Crippen LogP contribution in [0.1, 0.15) is 38.6 Å². The minimum absolute atomic E-state index is 0.363. The molecule has 3 aromatic rings. The number of nitrogens with zero attached hydrogens (tertiary/aromatic N) is 4. The average Bonchev–Trinajstić information content (AvgIpc) is 3.21. The van der Waals surface area contributed by atoms with Gasteiger partial charge < -0.3 is 4.98 Å². The fourth-order valence-corrected chi connectivity index (χ4v) is 4.00. The van der Waals surface area contributed by atoms with Crippen LogP contribution in [0.25, 0.3) is 22.3 Å². The Bertz CT molecular complexity index is 900. The van der Waals surface area contributed by atoms with E-state index in [1.165, 1.54) is 18.2 Å². The number of thioether (sulfide) groups is 1. The molecular formula is C18H19N5S. The van der Waals surface area contributed by atoms with Crippen molar-refractivity contribution in [3.63, 3.8) is 0 Å². The van der Waals surface area contributed by atoms with Gasteiger partial charge in [-0.1, -0.05) is 36.9 Å². The maximum atomic E-state index is 8.77. The Kier molecular flexibility index (Phi) is 4.03. The van der Waals surface area contributed by atoms with Gasteiger partial charge in [0, 0.05) is 40.4 Å². The van der Waals surface area contributed by atoms with Gasteiger partial charge in [0.1, 0.15) is 0 Å². The summed E-state index contributed by atoms with van der Waals surface area (Å²) in [5.74, 6) is 0.949. The molecule has 1 aliphatic carbocycles. The summed E-state index contributed by atoms with van der Waals surface area (Å²) in [7, 11) is 0. The smallest absolute Gasteiger partial charge is 0.192 e. The maximum Gasteiger partial charge on any atom is 0.192 e. The number of rotatable bonds is 6. The standard InChI is InChI=1S/C18H19N5S/c1-12(5-4-10-19)24-18-22-21-17(23(18)13-8-9-13)15-11-20-16-7-3-2-6-14(15)16/h2-3,6-7,11-13,20H,4-5,8-9H2,1H3/t12-/m0/s1. The second-order valence-electron chi connectivity index (χ2n) is 6.28. The number of nitrogens with one attached hydrogen (secondary N) is 1. The molecular weight excluding hydrogens is 318 g/mol. The number of para-hydroxylation sites is 1. The molecule has 1 saturated carbocycles. The van der Waals surface area contributed by atoms with E-state index in [0.29, 0.717) is 17.7 Å². The summed E-state index contributed by atoms with van der Waals surface area (Å²) in [6, 6.07) is 11.0. The van der Waals surface area contributed by atoms with Crippen molar-refractivity contribution < 1.29 is 0 Å². The van der Waals surface area contributed by atoms with Crippen LogP contribution in [0.3, 0.4) is 0 Å². The molecule has 0 amide bonds. The van der Waals surface area contributed by atoms with Gasteiger partial charge in [-0.25, -0.2) is 0 Å². The van der Waals surface area contributed by atoms with Crippen molar-refractivity contribution in [1.29, 1.82) is 5.26 Å². The third-order valence-electron chi connectivity index (χ3n) is 4.38. The Balaban J connectivity index is 1.71. The molecule has 1 N–H and O–H groups in total. The summed E-state index contributed by atoms with van der Waals surface area (Å²) in [5.41, 5.74) is 2.23. The van der Waals surface area contributed by atoms with Crippen LogP contribution in [-0.4, -0.2) is 25.0 Å². The number of aromatic amines is 1. The Labute approximate surface area is 145 Å². The quantitative estimate of drug-likeness (QED) is 0.670. The number of H-pyrrole nitrogens is 1. The van der Waals surface area contributed by atoms with E-state index < -0.39 is 0 Å². The van der Waals surface area contributed by atoms with Gasteiger partial charge in [-0.3, -0.25) is 4.57 Å². The average molecular weight is 337 g/mol. The van der Waals surface area contributed by atoms with E-state index in [9.17, 15) is 0 Å². The lowest BCUT2D eigenvalue weighted by Crippen LogP contribution is -2.03. The molecule has 0 saturated heterocycles. The highest BCUT2D eigenvalue weighted by molar-refractivity contribution is 7.99. The summed E-state index contributed by atoms with van der Waals surface area (Å²) in [4.78, 5) is 3.33. The van der Waals surface area contributed by atoms with Gasteiger partial charge in [0.15, 0.2) is 11.0 Å². The van der Waals surface area contributed by atoms with Gasteiger partial charge in [0.25, 0.3) is 0 Å². The zero-order chi connectivity index (χ0) is 16.5. The lowest BCUT2D eigenvalue weighted by molar-refractivity contribution is 0.666. The number of fused-ring (bicyclic) bond motifs is 1. The van der Waals surface area contributed by atoms with Crippen molar-refractivity contribution in [2.45, 2.75) is 49.1 Å². The van der Waals surface area contributed by atoms with Crippen LogP contribution >= 0.6 is 11.8 Å². The second-order valence-corrected chi connectivity index (χ2v) is 7.69. The van der Waals surface area contributed by atoms with Crippen LogP contribution < -0.4 is 0 Å². The molecule has 2 heterocycles. The predicted molar refractivity (Wildman–Crippen MR) is 95.8 cm³/mol. The number of hydrogen-bond acceptors (Lipinski definition) is 4. The molecule has 5 nitrogen and oxygen atoms in total. The molecule has 2 aromatic heterocycles. The molecule has 0 spiro atoms. The highest BCUT2D eigenvalue weighted by Crippen LogP contribution is 2.43. The normalized spacial score (nSPS) is 15.5. The second kappa shape index (κ2) is 6.33. The van der Waals surface area contributed by atoms with E-state index in [1.807, 2.05) is 12.3 Å². The van der Waals surface area contributed by atoms with E-state index in [4.69, 9.17) is 5.26 Å². The first-order valence-electron chi connectivity index (χ1n) is 8.33. The summed E-state index contributed by atoms with van der Waals surface area (Å²) in [5, 5.41) is 20.3. The fraction of sp³-hybridized carbons (Fsp3) is 0.389. The van der Waals surface area contributed by atoms with Gasteiger partial charge in [0.05, 0.1) is 6.07 Å². The first-order chi connectivity index (χ1) is 11.8. The van der Waals surface area contributed by atoms with Crippen molar-refractivity contribution in [2.75, 3.05) is 0 Å². The van der Waals surface area contributed by atoms with Crippen LogP contribution in [0, 0.1) is 11.3 Å². The Hall–Kier alpha value is -2.26. The third-order valence-corrected chi connectivity index (χ3v) is 5.50. The maximum absolute atomic E-state index is 8.77. The molecule has 1 atom stereocenters. The number of hydrogen-bond donors (Lipinski definition) is 1. The van der Waals surface area contributed by atoms with Gasteiger partial charge in [0.2, 0.25) is 0 Å². The first kappa shape index (κ1) is 15.3. The van der Waals surface area contributed by atoms with Crippen LogP contribution in [-0.2, 0) is 0 Å². The van der Waals surface area contributed by atoms with Crippen LogP contribution in [0.2, 0.25) is 0 Å². The topological polar surface area (TPSA) is 70.3 Å². The third kappa shape index (κ3) is 2.80. The van der Waals surface area contributed by atoms with Gasteiger partial charge in [-0.2, -0.15) is 5.26 Å². The number of benzene rings is 1. The minimum Gasteiger partial charge on any atom is -0.360 e. The predicted octanol–water partition coefficient (Wildman–Crippen LogP) is 4.55. The lowest BCUT2D eigenvalue weighted by atomic mass is 10.1. The van der Waals surface area contributed by atoms with Crippen molar-refractivity contribution in [3.05, 3.63) is 30.5 Å². The Morgan fingerprint density at radius 3 is 3.00 bits per heavy atom. The zero-order valence-electron chi connectivity index (χ0n) is 13.6. The SMILES string of the molecule is C[C@@H](CCC#N)Sc1nnc(-c2c[nH]c3ccccc23)n1C1CC1. The molecule has 0 unspecified atom stereocenters. The summed E-state index contributed by atoms with van der Waals surface area (Å²) < 4.78 is 2.29. The number of nitriles is 1. The largest absolute Gasteiger partial charge is 0.360 e. The van der Waals surface area contributed by atoms with Gasteiger partial charge >= 0.3 is 0 Å². The Morgan fingerprint density at radius 1 is 1.38 bits per heavy atom. The monoisotopic (exact) mass is 337 g/mol. The zero-order valence-corrected chi connectivity index (χ0v) is 14.4. The molecule has 6 heteroatoms. The van der Waals surface area contributed by atoms with Crippen molar-refractivity contribution in [2.24, 2.45) is 0 Å². The molecule has 24 heavy (non-hydrogen) atoms. The van der Waals surface area contributed by atoms with Crippen LogP contribution in [0.15, 0.2) is 35.6 Å². The minimum atomic E-state index is 0.363. The number of aromatic nitrogens is 4. The van der Waals surface area contributed by atoms with Crippen molar-refractivity contribution in [3.8, 4) is 17.5 Å². The van der Waals surface area contributed by atoms with E-state index in [-0.39, 0.29) is 0 Å². The fourth-order valence-electron chi connectivity index (χ4n) is 2.97. The molecule has 1 aromatic carbocycles. The van der Waals surface area contributed by atoms with Crippen molar-refractivity contribution in [1.82, 2.24) is 19.7 Å². The molecule has 1 fully saturated rings. The summed E-state index contributed by atoms with van der Waals surface area (Å²) >= 11 is 1.73. The van der Waals surface area contributed by atoms with E-state index in [0.717, 1.165) is 28.5 Å². The van der Waals surface area contributed by atoms with Gasteiger partial charge in [-0.05, 0) is 25.3 Å². The molecule has 4 rings (SSSR count). The van der Waals surface area contributed by atoms with Gasteiger partial charge in [-0.15, -0.1) is 10.2 Å². The molecule has 1 aliphatic rings. The highest BCUT2D eigenvalue weighted by atomic mass is 32.2. The summed E-state index contributed by atoms with van der Waals surface area (Å²) in [6.07, 6.45) is 5.87. The first-order valence-corrected chi connectivity index (χ1v) is 9.21. The van der Waals surface area contributed by atoms with Crippen molar-refractivity contribution >= 4 is 22.7 Å². The lowest BCUT2D eigenvalue weighted by Gasteiger charge is -2.11. The van der Waals surface area contributed by atoms with E-state index >= 15 is 0 Å².